The van der Waals surface area contributed by atoms with Crippen LogP contribution >= 0.6 is 11.3 Å². The Labute approximate surface area is 84.0 Å². The van der Waals surface area contributed by atoms with E-state index in [1.165, 1.54) is 23.6 Å². The highest BCUT2D eigenvalue weighted by Gasteiger charge is 1.96. The van der Waals surface area contributed by atoms with Crippen molar-refractivity contribution in [2.45, 2.75) is 0 Å². The zero-order chi connectivity index (χ0) is 9.80. The van der Waals surface area contributed by atoms with Crippen LogP contribution in [0.3, 0.4) is 0 Å². The molecule has 0 radical (unpaired) electrons. The molecule has 0 fully saturated rings. The van der Waals surface area contributed by atoms with Crippen molar-refractivity contribution in [3.05, 3.63) is 41.2 Å². The lowest BCUT2D eigenvalue weighted by molar-refractivity contribution is 0.626. The number of hydrogen-bond acceptors (Lipinski definition) is 4. The fourth-order valence-electron chi connectivity index (χ4n) is 0.928. The predicted molar refractivity (Wildman–Crippen MR) is 53.6 cm³/mol. The summed E-state index contributed by atoms with van der Waals surface area (Å²) < 4.78 is 13.1. The molecule has 0 atom stereocenters. The average Bonchev–Trinajstić information content (AvgIpc) is 2.69. The van der Waals surface area contributed by atoms with Crippen molar-refractivity contribution in [1.82, 2.24) is 10.2 Å². The lowest BCUT2D eigenvalue weighted by Gasteiger charge is -1.92. The van der Waals surface area contributed by atoms with Crippen molar-refractivity contribution in [1.29, 1.82) is 0 Å². The highest BCUT2D eigenvalue weighted by Crippen LogP contribution is 2.13. The summed E-state index contributed by atoms with van der Waals surface area (Å²) in [4.78, 5) is 3.98. The maximum Gasteiger partial charge on any atom is 0.231 e. The molecule has 2 rings (SSSR count). The number of nitrogens with zero attached hydrogens (tertiary/aromatic N) is 3. The van der Waals surface area contributed by atoms with Gasteiger partial charge in [-0.3, -0.25) is 0 Å². The van der Waals surface area contributed by atoms with Crippen molar-refractivity contribution in [2.24, 2.45) is 4.99 Å². The van der Waals surface area contributed by atoms with Crippen LogP contribution in [0.2, 0.25) is 0 Å². The van der Waals surface area contributed by atoms with Crippen LogP contribution in [-0.2, 0) is 0 Å². The quantitative estimate of drug-likeness (QED) is 0.709. The summed E-state index contributed by atoms with van der Waals surface area (Å²) in [6.07, 6.45) is 1.44. The van der Waals surface area contributed by atoms with E-state index in [0.29, 0.717) is 10.7 Å². The van der Waals surface area contributed by atoms with Gasteiger partial charge >= 0.3 is 0 Å². The van der Waals surface area contributed by atoms with Crippen molar-refractivity contribution in [3.63, 3.8) is 0 Å². The summed E-state index contributed by atoms with van der Waals surface area (Å²) >= 11 is 1.31. The second kappa shape index (κ2) is 4.06. The molecule has 70 valence electrons. The van der Waals surface area contributed by atoms with Crippen LogP contribution in [0.1, 0.15) is 5.56 Å². The first kappa shape index (κ1) is 8.96. The Morgan fingerprint density at radius 3 is 2.93 bits per heavy atom. The Morgan fingerprint density at radius 1 is 1.36 bits per heavy atom. The molecule has 1 aromatic heterocycles. The largest absolute Gasteiger partial charge is 0.231 e. The van der Waals surface area contributed by atoms with E-state index < -0.39 is 0 Å². The van der Waals surface area contributed by atoms with E-state index in [1.807, 2.05) is 0 Å². The maximum atomic E-state index is 13.1. The molecule has 0 aliphatic carbocycles. The van der Waals surface area contributed by atoms with E-state index in [9.17, 15) is 4.39 Å². The highest BCUT2D eigenvalue weighted by atomic mass is 32.1. The van der Waals surface area contributed by atoms with E-state index in [0.717, 1.165) is 0 Å². The standard InChI is InChI=1S/C9H6FN3S/c10-8-4-2-1-3-7(8)5-11-9-13-12-6-14-9/h1-6H. The molecule has 0 spiro atoms. The first-order valence-electron chi connectivity index (χ1n) is 3.91. The van der Waals surface area contributed by atoms with Crippen LogP contribution in [-0.4, -0.2) is 16.4 Å². The van der Waals surface area contributed by atoms with Gasteiger partial charge in [-0.1, -0.05) is 29.5 Å². The van der Waals surface area contributed by atoms with E-state index in [-0.39, 0.29) is 5.82 Å². The molecule has 0 saturated carbocycles. The Bertz CT molecular complexity index is 439. The first-order chi connectivity index (χ1) is 6.86. The molecule has 0 N–H and O–H groups in total. The molecule has 0 saturated heterocycles. The van der Waals surface area contributed by atoms with Crippen LogP contribution in [0.25, 0.3) is 0 Å². The van der Waals surface area contributed by atoms with Gasteiger partial charge in [0.1, 0.15) is 11.3 Å². The molecular weight excluding hydrogens is 201 g/mol. The van der Waals surface area contributed by atoms with Crippen LogP contribution in [0.5, 0.6) is 0 Å². The summed E-state index contributed by atoms with van der Waals surface area (Å²) in [7, 11) is 0. The smallest absolute Gasteiger partial charge is 0.226 e. The number of benzene rings is 1. The van der Waals surface area contributed by atoms with Crippen molar-refractivity contribution in [3.8, 4) is 0 Å². The van der Waals surface area contributed by atoms with Crippen molar-refractivity contribution in [2.75, 3.05) is 0 Å². The molecule has 0 bridgehead atoms. The second-order valence-corrected chi connectivity index (χ2v) is 3.31. The summed E-state index contributed by atoms with van der Waals surface area (Å²) in [6, 6.07) is 6.43. The Hall–Kier alpha value is -1.62. The Kier molecular flexibility index (Phi) is 2.60. The van der Waals surface area contributed by atoms with Gasteiger partial charge in [-0.2, -0.15) is 0 Å². The zero-order valence-corrected chi connectivity index (χ0v) is 7.91. The summed E-state index contributed by atoms with van der Waals surface area (Å²) in [5.41, 5.74) is 2.02. The van der Waals surface area contributed by atoms with E-state index in [1.54, 1.807) is 23.7 Å². The number of halogens is 1. The molecule has 1 heterocycles. The molecule has 1 aromatic carbocycles. The molecule has 3 nitrogen and oxygen atoms in total. The van der Waals surface area contributed by atoms with Crippen molar-refractivity contribution >= 4 is 22.7 Å². The third-order valence-corrected chi connectivity index (χ3v) is 2.17. The SMILES string of the molecule is Fc1ccccc1C=Nc1nncs1. The van der Waals surface area contributed by atoms with Crippen molar-refractivity contribution < 1.29 is 4.39 Å². The Balaban J connectivity index is 2.23. The highest BCUT2D eigenvalue weighted by molar-refractivity contribution is 7.13. The minimum absolute atomic E-state index is 0.291. The number of aromatic nitrogens is 2. The van der Waals surface area contributed by atoms with Gasteiger partial charge in [-0.15, -0.1) is 10.2 Å². The van der Waals surface area contributed by atoms with E-state index in [4.69, 9.17) is 0 Å². The molecule has 2 aromatic rings. The first-order valence-corrected chi connectivity index (χ1v) is 4.79. The monoisotopic (exact) mass is 207 g/mol. The summed E-state index contributed by atoms with van der Waals surface area (Å²) in [5.74, 6) is -0.291. The molecule has 0 aliphatic heterocycles. The molecule has 14 heavy (non-hydrogen) atoms. The van der Waals surface area contributed by atoms with Gasteiger partial charge in [0.15, 0.2) is 0 Å². The molecule has 0 amide bonds. The normalized spacial score (nSPS) is 10.9. The van der Waals surface area contributed by atoms with Crippen LogP contribution in [0, 0.1) is 5.82 Å². The van der Waals surface area contributed by atoms with Gasteiger partial charge in [-0.05, 0) is 6.07 Å². The number of aliphatic imine (C=N–C) groups is 1. The maximum absolute atomic E-state index is 13.1. The molecule has 5 heteroatoms. The number of hydrogen-bond donors (Lipinski definition) is 0. The fourth-order valence-corrected chi connectivity index (χ4v) is 1.32. The summed E-state index contributed by atoms with van der Waals surface area (Å²) in [6.45, 7) is 0. The summed E-state index contributed by atoms with van der Waals surface area (Å²) in [5, 5.41) is 7.85. The second-order valence-electron chi connectivity index (χ2n) is 2.50. The minimum Gasteiger partial charge on any atom is -0.226 e. The third-order valence-electron chi connectivity index (χ3n) is 1.57. The number of rotatable bonds is 2. The van der Waals surface area contributed by atoms with Gasteiger partial charge in [0.2, 0.25) is 5.13 Å². The van der Waals surface area contributed by atoms with E-state index >= 15 is 0 Å². The van der Waals surface area contributed by atoms with Gasteiger partial charge in [0.05, 0.1) is 0 Å². The van der Waals surface area contributed by atoms with Gasteiger partial charge < -0.3 is 0 Å². The fraction of sp³-hybridized carbons (Fsp3) is 0. The topological polar surface area (TPSA) is 38.1 Å². The Morgan fingerprint density at radius 2 is 2.21 bits per heavy atom. The van der Waals surface area contributed by atoms with Crippen LogP contribution in [0.4, 0.5) is 9.52 Å². The molecule has 0 unspecified atom stereocenters. The van der Waals surface area contributed by atoms with Crippen LogP contribution in [0.15, 0.2) is 34.8 Å². The van der Waals surface area contributed by atoms with E-state index in [2.05, 4.69) is 15.2 Å². The average molecular weight is 207 g/mol. The van der Waals surface area contributed by atoms with Crippen LogP contribution < -0.4 is 0 Å². The zero-order valence-electron chi connectivity index (χ0n) is 7.09. The third kappa shape index (κ3) is 2.00. The lowest BCUT2D eigenvalue weighted by atomic mass is 10.2. The minimum atomic E-state index is -0.291. The molecule has 0 aliphatic rings. The molecular formula is C9H6FN3S. The van der Waals surface area contributed by atoms with Gasteiger partial charge in [-0.25, -0.2) is 9.38 Å². The lowest BCUT2D eigenvalue weighted by Crippen LogP contribution is -1.85. The predicted octanol–water partition coefficient (Wildman–Crippen LogP) is 2.43. The van der Waals surface area contributed by atoms with Gasteiger partial charge in [0.25, 0.3) is 0 Å². The van der Waals surface area contributed by atoms with Gasteiger partial charge in [0, 0.05) is 11.8 Å².